The van der Waals surface area contributed by atoms with Gasteiger partial charge in [-0.2, -0.15) is 4.98 Å². The maximum atomic E-state index is 12.8. The van der Waals surface area contributed by atoms with Crippen molar-refractivity contribution in [3.05, 3.63) is 47.2 Å². The van der Waals surface area contributed by atoms with Gasteiger partial charge in [0, 0.05) is 64.0 Å². The van der Waals surface area contributed by atoms with Gasteiger partial charge in [-0.3, -0.25) is 19.3 Å². The molecule has 4 heterocycles. The van der Waals surface area contributed by atoms with Crippen LogP contribution in [0.3, 0.4) is 0 Å². The van der Waals surface area contributed by atoms with Gasteiger partial charge in [0.2, 0.25) is 11.9 Å². The fourth-order valence-corrected chi connectivity index (χ4v) is 5.11. The Morgan fingerprint density at radius 1 is 0.857 bits per heavy atom. The van der Waals surface area contributed by atoms with E-state index in [4.69, 9.17) is 4.98 Å². The van der Waals surface area contributed by atoms with Gasteiger partial charge >= 0.3 is 0 Å². The maximum absolute atomic E-state index is 12.8. The van der Waals surface area contributed by atoms with E-state index in [9.17, 15) is 14.4 Å². The van der Waals surface area contributed by atoms with Crippen LogP contribution in [0.2, 0.25) is 0 Å². The van der Waals surface area contributed by atoms with E-state index in [0.29, 0.717) is 50.1 Å². The van der Waals surface area contributed by atoms with Crippen molar-refractivity contribution in [1.29, 1.82) is 0 Å². The number of fused-ring (bicyclic) bond motifs is 1. The van der Waals surface area contributed by atoms with Gasteiger partial charge in [0.15, 0.2) is 0 Å². The number of imide groups is 1. The van der Waals surface area contributed by atoms with Crippen LogP contribution in [0.5, 0.6) is 0 Å². The van der Waals surface area contributed by atoms with Crippen LogP contribution >= 0.6 is 0 Å². The van der Waals surface area contributed by atoms with E-state index >= 15 is 0 Å². The van der Waals surface area contributed by atoms with Crippen LogP contribution < -0.4 is 9.80 Å². The summed E-state index contributed by atoms with van der Waals surface area (Å²) in [5, 5.41) is 0. The van der Waals surface area contributed by atoms with Crippen molar-refractivity contribution in [3.63, 3.8) is 0 Å². The van der Waals surface area contributed by atoms with E-state index in [1.54, 1.807) is 24.3 Å². The Morgan fingerprint density at radius 2 is 1.51 bits per heavy atom. The highest BCUT2D eigenvalue weighted by atomic mass is 16.2. The lowest BCUT2D eigenvalue weighted by Gasteiger charge is -2.35. The fraction of sp³-hybridized carbons (Fsp3) is 0.500. The van der Waals surface area contributed by atoms with Crippen LogP contribution in [0, 0.1) is 6.92 Å². The number of anilines is 2. The highest BCUT2D eigenvalue weighted by Crippen LogP contribution is 2.24. The van der Waals surface area contributed by atoms with Gasteiger partial charge in [-0.25, -0.2) is 4.98 Å². The average molecular weight is 477 g/mol. The van der Waals surface area contributed by atoms with Crippen LogP contribution in [-0.2, 0) is 4.79 Å². The molecule has 0 spiro atoms. The fourth-order valence-electron chi connectivity index (χ4n) is 5.11. The smallest absolute Gasteiger partial charge is 0.261 e. The first-order valence-corrected chi connectivity index (χ1v) is 12.6. The molecule has 9 nitrogen and oxygen atoms in total. The van der Waals surface area contributed by atoms with Crippen molar-refractivity contribution >= 4 is 29.5 Å². The minimum atomic E-state index is -0.270. The molecule has 0 atom stereocenters. The number of carbonyl (C=O) groups excluding carboxylic acids is 3. The normalized spacial score (nSPS) is 18.3. The summed E-state index contributed by atoms with van der Waals surface area (Å²) in [7, 11) is 0. The molecule has 0 aliphatic carbocycles. The van der Waals surface area contributed by atoms with E-state index in [-0.39, 0.29) is 24.3 Å². The molecule has 0 saturated carbocycles. The summed E-state index contributed by atoms with van der Waals surface area (Å²) in [6, 6.07) is 8.92. The lowest BCUT2D eigenvalue weighted by atomic mass is 10.1. The average Bonchev–Trinajstić information content (AvgIpc) is 3.14. The first-order valence-electron chi connectivity index (χ1n) is 12.6. The zero-order valence-corrected chi connectivity index (χ0v) is 20.3. The number of amides is 3. The number of aromatic nitrogens is 2. The molecule has 2 saturated heterocycles. The van der Waals surface area contributed by atoms with Crippen LogP contribution in [0.15, 0.2) is 30.3 Å². The maximum Gasteiger partial charge on any atom is 0.261 e. The quantitative estimate of drug-likeness (QED) is 0.592. The Balaban J connectivity index is 1.11. The molecule has 9 heteroatoms. The van der Waals surface area contributed by atoms with Crippen molar-refractivity contribution in [1.82, 2.24) is 19.8 Å². The third-order valence-corrected chi connectivity index (χ3v) is 7.07. The lowest BCUT2D eigenvalue weighted by Crippen LogP contribution is -2.49. The molecule has 2 aromatic rings. The molecule has 3 aliphatic rings. The minimum Gasteiger partial charge on any atom is -0.356 e. The minimum absolute atomic E-state index is 0.0559. The highest BCUT2D eigenvalue weighted by molar-refractivity contribution is 6.21. The molecule has 2 fully saturated rings. The second-order valence-electron chi connectivity index (χ2n) is 9.49. The van der Waals surface area contributed by atoms with Crippen molar-refractivity contribution in [2.45, 2.75) is 39.0 Å². The number of nitrogens with zero attached hydrogens (tertiary/aromatic N) is 6. The number of hydrogen-bond donors (Lipinski definition) is 0. The number of piperidine rings is 1. The Labute approximate surface area is 205 Å². The number of hydrogen-bond acceptors (Lipinski definition) is 7. The molecule has 5 rings (SSSR count). The predicted molar refractivity (Wildman–Crippen MR) is 133 cm³/mol. The molecular formula is C26H32N6O3. The zero-order valence-electron chi connectivity index (χ0n) is 20.3. The molecular weight excluding hydrogens is 444 g/mol. The third-order valence-electron chi connectivity index (χ3n) is 7.07. The standard InChI is InChI=1S/C26H32N6O3/c1-19-18-22(29-11-5-2-6-12-29)28-26(27-19)31-16-14-30(15-17-31)23(33)10-7-13-32-24(34)20-8-3-4-9-21(20)25(32)35/h3-4,8-9,18H,2,5-7,10-17H2,1H3. The van der Waals surface area contributed by atoms with Crippen LogP contribution in [-0.4, -0.2) is 83.3 Å². The first-order chi connectivity index (χ1) is 17.0. The zero-order chi connectivity index (χ0) is 24.4. The van der Waals surface area contributed by atoms with Crippen molar-refractivity contribution in [2.75, 3.05) is 55.6 Å². The number of benzene rings is 1. The number of rotatable bonds is 6. The van der Waals surface area contributed by atoms with Gasteiger partial charge in [0.25, 0.3) is 11.8 Å². The topological polar surface area (TPSA) is 90.0 Å². The molecule has 0 bridgehead atoms. The van der Waals surface area contributed by atoms with Gasteiger partial charge in [0.05, 0.1) is 11.1 Å². The largest absolute Gasteiger partial charge is 0.356 e. The molecule has 0 radical (unpaired) electrons. The van der Waals surface area contributed by atoms with Crippen LogP contribution in [0.4, 0.5) is 11.8 Å². The lowest BCUT2D eigenvalue weighted by molar-refractivity contribution is -0.131. The summed E-state index contributed by atoms with van der Waals surface area (Å²) in [6.45, 7) is 6.95. The van der Waals surface area contributed by atoms with Gasteiger partial charge in [-0.05, 0) is 44.7 Å². The van der Waals surface area contributed by atoms with E-state index < -0.39 is 0 Å². The second-order valence-corrected chi connectivity index (χ2v) is 9.49. The Hall–Kier alpha value is -3.49. The molecule has 1 aromatic heterocycles. The highest BCUT2D eigenvalue weighted by Gasteiger charge is 2.34. The summed E-state index contributed by atoms with van der Waals surface area (Å²) in [5.41, 5.74) is 1.85. The van der Waals surface area contributed by atoms with Gasteiger partial charge in [-0.15, -0.1) is 0 Å². The van der Waals surface area contributed by atoms with Gasteiger partial charge in [0.1, 0.15) is 5.82 Å². The SMILES string of the molecule is Cc1cc(N2CCCCC2)nc(N2CCN(C(=O)CCCN3C(=O)c4ccccc4C3=O)CC2)n1. The summed E-state index contributed by atoms with van der Waals surface area (Å²) >= 11 is 0. The molecule has 3 aliphatic heterocycles. The third kappa shape index (κ3) is 4.85. The number of carbonyl (C=O) groups is 3. The predicted octanol–water partition coefficient (Wildman–Crippen LogP) is 2.50. The van der Waals surface area contributed by atoms with E-state index in [0.717, 1.165) is 30.5 Å². The molecule has 3 amide bonds. The van der Waals surface area contributed by atoms with E-state index in [1.165, 1.54) is 24.2 Å². The van der Waals surface area contributed by atoms with Gasteiger partial charge in [-0.1, -0.05) is 12.1 Å². The van der Waals surface area contributed by atoms with E-state index in [2.05, 4.69) is 20.9 Å². The van der Waals surface area contributed by atoms with Crippen LogP contribution in [0.1, 0.15) is 58.5 Å². The number of piperazine rings is 1. The first kappa shape index (κ1) is 23.3. The second kappa shape index (κ2) is 10.0. The molecule has 184 valence electrons. The summed E-state index contributed by atoms with van der Waals surface area (Å²) in [4.78, 5) is 54.9. The summed E-state index contributed by atoms with van der Waals surface area (Å²) < 4.78 is 0. The molecule has 35 heavy (non-hydrogen) atoms. The van der Waals surface area contributed by atoms with Crippen molar-refractivity contribution in [2.24, 2.45) is 0 Å². The summed E-state index contributed by atoms with van der Waals surface area (Å²) in [5.74, 6) is 1.25. The molecule has 0 N–H and O–H groups in total. The Morgan fingerprint density at radius 3 is 2.17 bits per heavy atom. The molecule has 0 unspecified atom stereocenters. The van der Waals surface area contributed by atoms with Crippen molar-refractivity contribution in [3.8, 4) is 0 Å². The number of aryl methyl sites for hydroxylation is 1. The summed E-state index contributed by atoms with van der Waals surface area (Å²) in [6.07, 6.45) is 4.46. The van der Waals surface area contributed by atoms with Gasteiger partial charge < -0.3 is 14.7 Å². The Bertz CT molecular complexity index is 1090. The van der Waals surface area contributed by atoms with E-state index in [1.807, 2.05) is 11.8 Å². The van der Waals surface area contributed by atoms with Crippen molar-refractivity contribution < 1.29 is 14.4 Å². The molecule has 1 aromatic carbocycles. The Kier molecular flexibility index (Phi) is 6.66. The monoisotopic (exact) mass is 476 g/mol. The van der Waals surface area contributed by atoms with Crippen LogP contribution in [0.25, 0.3) is 0 Å².